The highest BCUT2D eigenvalue weighted by atomic mass is 32.2. The topological polar surface area (TPSA) is 75.7 Å². The minimum Gasteiger partial charge on any atom is -0.492 e. The Bertz CT molecular complexity index is 1290. The molecule has 0 heterocycles. The van der Waals surface area contributed by atoms with Gasteiger partial charge in [0.05, 0.1) is 25.0 Å². The third-order valence-electron chi connectivity index (χ3n) is 6.15. The number of nitrogens with one attached hydrogen (secondary N) is 1. The monoisotopic (exact) mass is 522 g/mol. The van der Waals surface area contributed by atoms with Crippen molar-refractivity contribution in [2.24, 2.45) is 0 Å². The second-order valence-corrected chi connectivity index (χ2v) is 12.5. The van der Waals surface area contributed by atoms with Crippen LogP contribution in [0.2, 0.25) is 0 Å². The molecule has 3 aromatic rings. The Balaban J connectivity index is 1.58. The van der Waals surface area contributed by atoms with Crippen LogP contribution < -0.4 is 14.4 Å². The minimum absolute atomic E-state index is 0.0870. The maximum Gasteiger partial charge on any atom is 0.251 e. The van der Waals surface area contributed by atoms with Gasteiger partial charge in [-0.1, -0.05) is 77.1 Å². The lowest BCUT2D eigenvalue weighted by Crippen LogP contribution is -2.30. The van der Waals surface area contributed by atoms with Gasteiger partial charge < -0.3 is 10.1 Å². The Labute approximate surface area is 221 Å². The zero-order valence-electron chi connectivity index (χ0n) is 22.6. The molecule has 0 aliphatic rings. The van der Waals surface area contributed by atoms with Crippen LogP contribution in [0, 0.1) is 0 Å². The molecular formula is C30H38N2O4S. The number of hydrogen-bond acceptors (Lipinski definition) is 4. The van der Waals surface area contributed by atoms with Gasteiger partial charge in [-0.15, -0.1) is 0 Å². The van der Waals surface area contributed by atoms with Crippen LogP contribution in [-0.2, 0) is 22.0 Å². The van der Waals surface area contributed by atoms with Crippen molar-refractivity contribution in [2.75, 3.05) is 23.7 Å². The number of benzene rings is 3. The van der Waals surface area contributed by atoms with Crippen molar-refractivity contribution in [3.8, 4) is 5.75 Å². The summed E-state index contributed by atoms with van der Waals surface area (Å²) in [5.41, 5.74) is 4.27. The molecule has 0 aliphatic carbocycles. The zero-order valence-corrected chi connectivity index (χ0v) is 23.4. The van der Waals surface area contributed by atoms with Crippen LogP contribution in [0.15, 0.2) is 72.8 Å². The van der Waals surface area contributed by atoms with Gasteiger partial charge in [-0.25, -0.2) is 8.42 Å². The molecule has 0 spiro atoms. The van der Waals surface area contributed by atoms with Crippen LogP contribution in [0.3, 0.4) is 0 Å². The average molecular weight is 523 g/mol. The first-order chi connectivity index (χ1) is 17.4. The van der Waals surface area contributed by atoms with Crippen molar-refractivity contribution in [1.82, 2.24) is 5.32 Å². The number of anilines is 1. The van der Waals surface area contributed by atoms with E-state index in [0.717, 1.165) is 16.9 Å². The fourth-order valence-corrected chi connectivity index (χ4v) is 4.91. The highest BCUT2D eigenvalue weighted by molar-refractivity contribution is 7.92. The standard InChI is InChI=1S/C30H38N2O4S/c1-22(2)27-9-7-8-10-28(27)32(37(6,34)35)21-23-11-13-24(14-12-23)29(33)31-19-20-36-26-17-15-25(16-18-26)30(3,4)5/h7-18,22H,19-21H2,1-6H3,(H,31,33). The molecule has 1 amide bonds. The Morgan fingerprint density at radius 1 is 0.946 bits per heavy atom. The van der Waals surface area contributed by atoms with Gasteiger partial charge in [0.25, 0.3) is 5.91 Å². The largest absolute Gasteiger partial charge is 0.492 e. The molecule has 3 aromatic carbocycles. The van der Waals surface area contributed by atoms with Crippen LogP contribution in [0.25, 0.3) is 0 Å². The molecule has 0 aliphatic heterocycles. The minimum atomic E-state index is -3.51. The Morgan fingerprint density at radius 2 is 1.57 bits per heavy atom. The van der Waals surface area contributed by atoms with Crippen LogP contribution in [-0.4, -0.2) is 33.7 Å². The lowest BCUT2D eigenvalue weighted by atomic mass is 9.87. The summed E-state index contributed by atoms with van der Waals surface area (Å²) in [6, 6.07) is 22.6. The van der Waals surface area contributed by atoms with E-state index in [1.54, 1.807) is 24.3 Å². The van der Waals surface area contributed by atoms with Crippen molar-refractivity contribution in [1.29, 1.82) is 0 Å². The van der Waals surface area contributed by atoms with E-state index in [1.807, 2.05) is 50.2 Å². The van der Waals surface area contributed by atoms with E-state index < -0.39 is 10.0 Å². The third kappa shape index (κ3) is 7.83. The Morgan fingerprint density at radius 3 is 2.14 bits per heavy atom. The molecule has 37 heavy (non-hydrogen) atoms. The van der Waals surface area contributed by atoms with E-state index in [2.05, 4.69) is 38.2 Å². The summed E-state index contributed by atoms with van der Waals surface area (Å²) in [7, 11) is -3.51. The number of amides is 1. The third-order valence-corrected chi connectivity index (χ3v) is 7.27. The first-order valence-electron chi connectivity index (χ1n) is 12.5. The molecule has 0 bridgehead atoms. The van der Waals surface area contributed by atoms with E-state index >= 15 is 0 Å². The van der Waals surface area contributed by atoms with E-state index in [4.69, 9.17) is 4.74 Å². The lowest BCUT2D eigenvalue weighted by molar-refractivity contribution is 0.0947. The molecule has 0 saturated carbocycles. The van der Waals surface area contributed by atoms with Crippen molar-refractivity contribution >= 4 is 21.6 Å². The number of nitrogens with zero attached hydrogens (tertiary/aromatic N) is 1. The van der Waals surface area contributed by atoms with Gasteiger partial charge in [0.1, 0.15) is 12.4 Å². The molecule has 3 rings (SSSR count). The lowest BCUT2D eigenvalue weighted by Gasteiger charge is -2.26. The van der Waals surface area contributed by atoms with Gasteiger partial charge in [-0.05, 0) is 58.4 Å². The van der Waals surface area contributed by atoms with E-state index in [0.29, 0.717) is 24.4 Å². The van der Waals surface area contributed by atoms with Crippen molar-refractivity contribution < 1.29 is 17.9 Å². The number of hydrogen-bond donors (Lipinski definition) is 1. The van der Waals surface area contributed by atoms with Crippen LogP contribution >= 0.6 is 0 Å². The molecule has 198 valence electrons. The van der Waals surface area contributed by atoms with E-state index in [-0.39, 0.29) is 23.8 Å². The quantitative estimate of drug-likeness (QED) is 0.337. The Kier molecular flexibility index (Phi) is 9.02. The van der Waals surface area contributed by atoms with Gasteiger partial charge in [-0.3, -0.25) is 9.10 Å². The molecule has 0 radical (unpaired) electrons. The van der Waals surface area contributed by atoms with Gasteiger partial charge >= 0.3 is 0 Å². The number of sulfonamides is 1. The second-order valence-electron chi connectivity index (χ2n) is 10.6. The van der Waals surface area contributed by atoms with E-state index in [1.165, 1.54) is 16.1 Å². The Hall–Kier alpha value is -3.32. The van der Waals surface area contributed by atoms with E-state index in [9.17, 15) is 13.2 Å². The molecular weight excluding hydrogens is 484 g/mol. The number of para-hydroxylation sites is 1. The highest BCUT2D eigenvalue weighted by Crippen LogP contribution is 2.30. The molecule has 1 N–H and O–H groups in total. The number of carbonyl (C=O) groups excluding carboxylic acids is 1. The number of carbonyl (C=O) groups is 1. The van der Waals surface area contributed by atoms with Crippen molar-refractivity contribution in [3.05, 3.63) is 95.1 Å². The summed E-state index contributed by atoms with van der Waals surface area (Å²) >= 11 is 0. The predicted molar refractivity (Wildman–Crippen MR) is 151 cm³/mol. The summed E-state index contributed by atoms with van der Waals surface area (Å²) in [6.45, 7) is 11.5. The summed E-state index contributed by atoms with van der Waals surface area (Å²) in [4.78, 5) is 12.6. The van der Waals surface area contributed by atoms with Gasteiger partial charge in [0.15, 0.2) is 0 Å². The maximum absolute atomic E-state index is 12.6. The van der Waals surface area contributed by atoms with Crippen LogP contribution in [0.1, 0.15) is 67.6 Å². The van der Waals surface area contributed by atoms with Crippen molar-refractivity contribution in [2.45, 2.75) is 52.5 Å². The van der Waals surface area contributed by atoms with Gasteiger partial charge in [0, 0.05) is 5.56 Å². The van der Waals surface area contributed by atoms with Crippen LogP contribution in [0.4, 0.5) is 5.69 Å². The molecule has 0 unspecified atom stereocenters. The average Bonchev–Trinajstić information content (AvgIpc) is 2.84. The first-order valence-corrected chi connectivity index (χ1v) is 14.4. The molecule has 7 heteroatoms. The summed E-state index contributed by atoms with van der Waals surface area (Å²) in [5, 5.41) is 2.86. The molecule has 6 nitrogen and oxygen atoms in total. The molecule has 0 aromatic heterocycles. The predicted octanol–water partition coefficient (Wildman–Crippen LogP) is 5.88. The molecule has 0 atom stereocenters. The summed E-state index contributed by atoms with van der Waals surface area (Å²) < 4.78 is 32.5. The SMILES string of the molecule is CC(C)c1ccccc1N(Cc1ccc(C(=O)NCCOc2ccc(C(C)(C)C)cc2)cc1)S(C)(=O)=O. The highest BCUT2D eigenvalue weighted by Gasteiger charge is 2.22. The number of rotatable bonds is 10. The summed E-state index contributed by atoms with van der Waals surface area (Å²) in [5.74, 6) is 0.739. The summed E-state index contributed by atoms with van der Waals surface area (Å²) in [6.07, 6.45) is 1.22. The second kappa shape index (κ2) is 11.8. The van der Waals surface area contributed by atoms with Gasteiger partial charge in [0.2, 0.25) is 10.0 Å². The normalized spacial score (nSPS) is 11.9. The molecule has 0 saturated heterocycles. The number of ether oxygens (including phenoxy) is 1. The smallest absolute Gasteiger partial charge is 0.251 e. The zero-order chi connectivity index (χ0) is 27.2. The first kappa shape index (κ1) is 28.3. The van der Waals surface area contributed by atoms with Crippen molar-refractivity contribution in [3.63, 3.8) is 0 Å². The fraction of sp³-hybridized carbons (Fsp3) is 0.367. The fourth-order valence-electron chi connectivity index (χ4n) is 4.00. The van der Waals surface area contributed by atoms with Gasteiger partial charge in [-0.2, -0.15) is 0 Å². The maximum atomic E-state index is 12.6. The van der Waals surface area contributed by atoms with Crippen LogP contribution in [0.5, 0.6) is 5.75 Å². The molecule has 0 fully saturated rings.